The monoisotopic (exact) mass is 344 g/mol. The summed E-state index contributed by atoms with van der Waals surface area (Å²) in [7, 11) is 0. The first-order valence-corrected chi connectivity index (χ1v) is 8.01. The fourth-order valence-electron chi connectivity index (χ4n) is 2.88. The fourth-order valence-corrected chi connectivity index (χ4v) is 3.01. The van der Waals surface area contributed by atoms with Crippen molar-refractivity contribution in [2.24, 2.45) is 0 Å². The van der Waals surface area contributed by atoms with E-state index in [9.17, 15) is 14.7 Å². The summed E-state index contributed by atoms with van der Waals surface area (Å²) in [4.78, 5) is 23.9. The predicted octanol–water partition coefficient (Wildman–Crippen LogP) is 2.23. The van der Waals surface area contributed by atoms with Crippen LogP contribution in [0.4, 0.5) is 5.69 Å². The smallest absolute Gasteiger partial charge is 0.313 e. The van der Waals surface area contributed by atoms with Crippen molar-refractivity contribution in [2.45, 2.75) is 18.4 Å². The largest absolute Gasteiger partial charge is 0.383 e. The Morgan fingerprint density at radius 2 is 1.79 bits per heavy atom. The Labute approximate surface area is 144 Å². The zero-order valence-corrected chi connectivity index (χ0v) is 13.6. The number of rotatable bonds is 3. The molecule has 0 aromatic heterocycles. The van der Waals surface area contributed by atoms with Crippen LogP contribution in [0.1, 0.15) is 17.5 Å². The fraction of sp³-hybridized carbons (Fsp3) is 0.222. The highest BCUT2D eigenvalue weighted by molar-refractivity contribution is 6.39. The predicted molar refractivity (Wildman–Crippen MR) is 91.8 cm³/mol. The number of hydrogen-bond acceptors (Lipinski definition) is 3. The third-order valence-electron chi connectivity index (χ3n) is 4.18. The van der Waals surface area contributed by atoms with Crippen LogP contribution in [0.2, 0.25) is 5.02 Å². The summed E-state index contributed by atoms with van der Waals surface area (Å²) in [6.45, 7) is -0.00309. The number of aryl methyl sites for hydroxylation is 1. The molecule has 1 atom stereocenters. The van der Waals surface area contributed by atoms with Crippen molar-refractivity contribution in [3.05, 3.63) is 64.7 Å². The Kier molecular flexibility index (Phi) is 4.55. The van der Waals surface area contributed by atoms with Crippen LogP contribution in [-0.4, -0.2) is 23.5 Å². The Morgan fingerprint density at radius 3 is 2.54 bits per heavy atom. The molecule has 124 valence electrons. The molecule has 3 N–H and O–H groups in total. The first-order chi connectivity index (χ1) is 11.5. The van der Waals surface area contributed by atoms with Gasteiger partial charge in [0.05, 0.1) is 6.54 Å². The Morgan fingerprint density at radius 1 is 1.08 bits per heavy atom. The first kappa shape index (κ1) is 16.5. The zero-order valence-electron chi connectivity index (χ0n) is 12.9. The SMILES string of the molecule is O=C(NCC1(O)CCc2ccccc21)C(=O)Nc1ccc(Cl)cc1. The van der Waals surface area contributed by atoms with E-state index in [4.69, 9.17) is 11.6 Å². The number of anilines is 1. The molecule has 2 aromatic rings. The molecule has 0 fully saturated rings. The van der Waals surface area contributed by atoms with E-state index in [0.717, 1.165) is 17.5 Å². The zero-order chi connectivity index (χ0) is 17.2. The second-order valence-electron chi connectivity index (χ2n) is 5.83. The van der Waals surface area contributed by atoms with Crippen molar-refractivity contribution >= 4 is 29.1 Å². The van der Waals surface area contributed by atoms with E-state index < -0.39 is 17.4 Å². The number of carbonyl (C=O) groups is 2. The Hall–Kier alpha value is -2.37. The van der Waals surface area contributed by atoms with Crippen LogP contribution in [-0.2, 0) is 21.6 Å². The maximum absolute atomic E-state index is 12.0. The van der Waals surface area contributed by atoms with Gasteiger partial charge in [-0.1, -0.05) is 35.9 Å². The van der Waals surface area contributed by atoms with Gasteiger partial charge in [-0.2, -0.15) is 0 Å². The van der Waals surface area contributed by atoms with Gasteiger partial charge in [0.2, 0.25) is 0 Å². The number of amides is 2. The lowest BCUT2D eigenvalue weighted by molar-refractivity contribution is -0.136. The molecule has 2 amide bonds. The van der Waals surface area contributed by atoms with Crippen LogP contribution in [0.15, 0.2) is 48.5 Å². The summed E-state index contributed by atoms with van der Waals surface area (Å²) in [5.74, 6) is -1.57. The third kappa shape index (κ3) is 3.42. The number of benzene rings is 2. The maximum Gasteiger partial charge on any atom is 0.313 e. The molecule has 0 bridgehead atoms. The molecule has 1 unspecified atom stereocenters. The Balaban J connectivity index is 1.59. The van der Waals surface area contributed by atoms with E-state index in [2.05, 4.69) is 10.6 Å². The standard InChI is InChI=1S/C18H17ClN2O3/c19-13-5-7-14(8-6-13)21-17(23)16(22)20-11-18(24)10-9-12-3-1-2-4-15(12)18/h1-8,24H,9-11H2,(H,20,22)(H,21,23). The number of aliphatic hydroxyl groups is 1. The average Bonchev–Trinajstić information content (AvgIpc) is 2.93. The molecule has 0 aliphatic heterocycles. The number of halogens is 1. The van der Waals surface area contributed by atoms with Gasteiger partial charge in [-0.25, -0.2) is 0 Å². The van der Waals surface area contributed by atoms with E-state index in [1.54, 1.807) is 24.3 Å². The van der Waals surface area contributed by atoms with Gasteiger partial charge in [-0.05, 0) is 48.2 Å². The summed E-state index contributed by atoms with van der Waals surface area (Å²) in [6, 6.07) is 14.0. The number of carbonyl (C=O) groups excluding carboxylic acids is 2. The summed E-state index contributed by atoms with van der Waals surface area (Å²) in [5.41, 5.74) is 1.22. The van der Waals surface area contributed by atoms with Crippen molar-refractivity contribution in [1.29, 1.82) is 0 Å². The summed E-state index contributed by atoms with van der Waals surface area (Å²) in [5, 5.41) is 16.3. The maximum atomic E-state index is 12.0. The lowest BCUT2D eigenvalue weighted by Gasteiger charge is -2.24. The summed E-state index contributed by atoms with van der Waals surface area (Å²) in [6.07, 6.45) is 1.27. The molecular formula is C18H17ClN2O3. The molecule has 0 radical (unpaired) electrons. The van der Waals surface area contributed by atoms with Crippen LogP contribution in [0, 0.1) is 0 Å². The van der Waals surface area contributed by atoms with E-state index >= 15 is 0 Å². The third-order valence-corrected chi connectivity index (χ3v) is 4.43. The molecule has 5 nitrogen and oxygen atoms in total. The minimum Gasteiger partial charge on any atom is -0.383 e. The van der Waals surface area contributed by atoms with Crippen LogP contribution in [0.3, 0.4) is 0 Å². The first-order valence-electron chi connectivity index (χ1n) is 7.63. The summed E-state index contributed by atoms with van der Waals surface area (Å²) >= 11 is 5.77. The molecule has 0 heterocycles. The van der Waals surface area contributed by atoms with Gasteiger partial charge in [0, 0.05) is 10.7 Å². The topological polar surface area (TPSA) is 78.4 Å². The Bertz CT molecular complexity index is 776. The quantitative estimate of drug-likeness (QED) is 0.747. The highest BCUT2D eigenvalue weighted by atomic mass is 35.5. The molecule has 6 heteroatoms. The van der Waals surface area contributed by atoms with Crippen molar-refractivity contribution in [3.8, 4) is 0 Å². The minimum absolute atomic E-state index is 0.00309. The van der Waals surface area contributed by atoms with Crippen molar-refractivity contribution in [2.75, 3.05) is 11.9 Å². The number of nitrogens with one attached hydrogen (secondary N) is 2. The molecule has 0 spiro atoms. The van der Waals surface area contributed by atoms with E-state index in [-0.39, 0.29) is 6.54 Å². The van der Waals surface area contributed by atoms with Gasteiger partial charge in [0.1, 0.15) is 5.60 Å². The number of fused-ring (bicyclic) bond motifs is 1. The lowest BCUT2D eigenvalue weighted by atomic mass is 9.96. The second kappa shape index (κ2) is 6.63. The molecular weight excluding hydrogens is 328 g/mol. The average molecular weight is 345 g/mol. The van der Waals surface area contributed by atoms with Gasteiger partial charge in [0.25, 0.3) is 0 Å². The van der Waals surface area contributed by atoms with E-state index in [1.807, 2.05) is 24.3 Å². The highest BCUT2D eigenvalue weighted by Gasteiger charge is 2.37. The van der Waals surface area contributed by atoms with Crippen LogP contribution < -0.4 is 10.6 Å². The van der Waals surface area contributed by atoms with Crippen LogP contribution >= 0.6 is 11.6 Å². The minimum atomic E-state index is -1.13. The van der Waals surface area contributed by atoms with Gasteiger partial charge in [0.15, 0.2) is 0 Å². The van der Waals surface area contributed by atoms with Crippen LogP contribution in [0.25, 0.3) is 0 Å². The van der Waals surface area contributed by atoms with E-state index in [1.165, 1.54) is 0 Å². The normalized spacial score (nSPS) is 18.8. The highest BCUT2D eigenvalue weighted by Crippen LogP contribution is 2.36. The molecule has 0 saturated carbocycles. The molecule has 1 aliphatic carbocycles. The van der Waals surface area contributed by atoms with Gasteiger partial charge < -0.3 is 15.7 Å². The molecule has 3 rings (SSSR count). The molecule has 2 aromatic carbocycles. The van der Waals surface area contributed by atoms with Crippen molar-refractivity contribution in [3.63, 3.8) is 0 Å². The molecule has 0 saturated heterocycles. The van der Waals surface area contributed by atoms with Crippen LogP contribution in [0.5, 0.6) is 0 Å². The number of hydrogen-bond donors (Lipinski definition) is 3. The molecule has 1 aliphatic rings. The van der Waals surface area contributed by atoms with E-state index in [0.29, 0.717) is 17.1 Å². The van der Waals surface area contributed by atoms with Gasteiger partial charge >= 0.3 is 11.8 Å². The van der Waals surface area contributed by atoms with Gasteiger partial charge in [-0.15, -0.1) is 0 Å². The van der Waals surface area contributed by atoms with Crippen molar-refractivity contribution < 1.29 is 14.7 Å². The summed E-state index contributed by atoms with van der Waals surface area (Å²) < 4.78 is 0. The van der Waals surface area contributed by atoms with Crippen molar-refractivity contribution in [1.82, 2.24) is 5.32 Å². The van der Waals surface area contributed by atoms with Gasteiger partial charge in [-0.3, -0.25) is 9.59 Å². The second-order valence-corrected chi connectivity index (χ2v) is 6.27. The lowest BCUT2D eigenvalue weighted by Crippen LogP contribution is -2.43. The molecule has 24 heavy (non-hydrogen) atoms.